The summed E-state index contributed by atoms with van der Waals surface area (Å²) in [7, 11) is 0. The Bertz CT molecular complexity index is 902. The van der Waals surface area contributed by atoms with Crippen LogP contribution in [0.3, 0.4) is 0 Å². The third-order valence-corrected chi connectivity index (χ3v) is 5.11. The lowest BCUT2D eigenvalue weighted by atomic mass is 10.1. The predicted molar refractivity (Wildman–Crippen MR) is 118 cm³/mol. The number of nitrogens with zero attached hydrogens (tertiary/aromatic N) is 3. The molecule has 0 bridgehead atoms. The summed E-state index contributed by atoms with van der Waals surface area (Å²) in [6.07, 6.45) is 1.70. The Labute approximate surface area is 178 Å². The molecule has 0 saturated carbocycles. The summed E-state index contributed by atoms with van der Waals surface area (Å²) in [5, 5.41) is 6.99. The molecule has 1 heterocycles. The molecule has 0 spiro atoms. The fraction of sp³-hybridized carbons (Fsp3) is 0.375. The second-order valence-corrected chi connectivity index (χ2v) is 7.29. The third-order valence-electron chi connectivity index (χ3n) is 5.11. The lowest BCUT2D eigenvalue weighted by Crippen LogP contribution is -2.23. The largest absolute Gasteiger partial charge is 0.352 e. The fourth-order valence-electron chi connectivity index (χ4n) is 3.22. The van der Waals surface area contributed by atoms with Gasteiger partial charge in [-0.05, 0) is 30.6 Å². The van der Waals surface area contributed by atoms with E-state index in [2.05, 4.69) is 58.5 Å². The lowest BCUT2D eigenvalue weighted by Gasteiger charge is -2.18. The van der Waals surface area contributed by atoms with Gasteiger partial charge in [-0.15, -0.1) is 0 Å². The Morgan fingerprint density at radius 1 is 1.00 bits per heavy atom. The van der Waals surface area contributed by atoms with Gasteiger partial charge in [0, 0.05) is 31.5 Å². The first-order chi connectivity index (χ1) is 14.7. The van der Waals surface area contributed by atoms with Crippen molar-refractivity contribution < 1.29 is 9.32 Å². The highest BCUT2D eigenvalue weighted by molar-refractivity contribution is 5.75. The molecule has 0 saturated heterocycles. The van der Waals surface area contributed by atoms with Crippen LogP contribution >= 0.6 is 0 Å². The summed E-state index contributed by atoms with van der Waals surface area (Å²) in [6, 6.07) is 18.2. The van der Waals surface area contributed by atoms with E-state index in [1.807, 2.05) is 30.3 Å². The van der Waals surface area contributed by atoms with Crippen molar-refractivity contribution in [3.63, 3.8) is 0 Å². The van der Waals surface area contributed by atoms with E-state index in [1.54, 1.807) is 0 Å². The maximum Gasteiger partial charge on any atom is 0.226 e. The van der Waals surface area contributed by atoms with Gasteiger partial charge in [-0.2, -0.15) is 4.98 Å². The van der Waals surface area contributed by atoms with Gasteiger partial charge in [0.2, 0.25) is 17.6 Å². The number of amides is 1. The SMILES string of the molecule is CCN(CC)Cc1ccc(CNC(=O)CCCc2nc(-c3ccccc3)no2)cc1. The average molecular weight is 407 g/mol. The first kappa shape index (κ1) is 21.7. The van der Waals surface area contributed by atoms with Gasteiger partial charge in [0.05, 0.1) is 0 Å². The highest BCUT2D eigenvalue weighted by Crippen LogP contribution is 2.15. The van der Waals surface area contributed by atoms with Crippen LogP contribution in [0.15, 0.2) is 59.1 Å². The van der Waals surface area contributed by atoms with Crippen LogP contribution in [-0.4, -0.2) is 34.0 Å². The second kappa shape index (κ2) is 11.3. The Morgan fingerprint density at radius 3 is 2.40 bits per heavy atom. The molecule has 1 aromatic heterocycles. The van der Waals surface area contributed by atoms with E-state index in [0.717, 1.165) is 30.8 Å². The van der Waals surface area contributed by atoms with Crippen LogP contribution in [0.5, 0.6) is 0 Å². The maximum atomic E-state index is 12.1. The van der Waals surface area contributed by atoms with Crippen molar-refractivity contribution in [1.29, 1.82) is 0 Å². The summed E-state index contributed by atoms with van der Waals surface area (Å²) >= 11 is 0. The number of benzene rings is 2. The Balaban J connectivity index is 1.38. The Morgan fingerprint density at radius 2 is 1.70 bits per heavy atom. The first-order valence-electron chi connectivity index (χ1n) is 10.6. The molecular formula is C24H30N4O2. The summed E-state index contributed by atoms with van der Waals surface area (Å²) in [5.74, 6) is 1.18. The fourth-order valence-corrected chi connectivity index (χ4v) is 3.22. The van der Waals surface area contributed by atoms with Crippen LogP contribution in [0.1, 0.15) is 43.7 Å². The molecule has 0 fully saturated rings. The van der Waals surface area contributed by atoms with Gasteiger partial charge in [-0.1, -0.05) is 73.6 Å². The quantitative estimate of drug-likeness (QED) is 0.516. The smallest absolute Gasteiger partial charge is 0.226 e. The van der Waals surface area contributed by atoms with Crippen molar-refractivity contribution >= 4 is 5.91 Å². The van der Waals surface area contributed by atoms with Crippen LogP contribution in [0.25, 0.3) is 11.4 Å². The zero-order valence-corrected chi connectivity index (χ0v) is 17.8. The van der Waals surface area contributed by atoms with Gasteiger partial charge < -0.3 is 9.84 Å². The Kier molecular flexibility index (Phi) is 8.15. The normalized spacial score (nSPS) is 11.0. The van der Waals surface area contributed by atoms with Crippen LogP contribution in [0.4, 0.5) is 0 Å². The number of aryl methyl sites for hydroxylation is 1. The molecule has 0 unspecified atom stereocenters. The van der Waals surface area contributed by atoms with E-state index in [0.29, 0.717) is 37.5 Å². The van der Waals surface area contributed by atoms with E-state index >= 15 is 0 Å². The van der Waals surface area contributed by atoms with Gasteiger partial charge in [0.15, 0.2) is 0 Å². The molecule has 3 aromatic rings. The lowest BCUT2D eigenvalue weighted by molar-refractivity contribution is -0.121. The van der Waals surface area contributed by atoms with Crippen molar-refractivity contribution in [2.45, 2.75) is 46.2 Å². The number of aromatic nitrogens is 2. The van der Waals surface area contributed by atoms with Gasteiger partial charge in [-0.3, -0.25) is 9.69 Å². The van der Waals surface area contributed by atoms with E-state index in [9.17, 15) is 4.79 Å². The van der Waals surface area contributed by atoms with Crippen molar-refractivity contribution in [3.05, 3.63) is 71.6 Å². The number of carbonyl (C=O) groups excluding carboxylic acids is 1. The van der Waals surface area contributed by atoms with E-state index in [1.165, 1.54) is 5.56 Å². The molecule has 2 aromatic carbocycles. The van der Waals surface area contributed by atoms with E-state index in [4.69, 9.17) is 4.52 Å². The van der Waals surface area contributed by atoms with Crippen molar-refractivity contribution in [2.24, 2.45) is 0 Å². The van der Waals surface area contributed by atoms with Crippen LogP contribution in [0.2, 0.25) is 0 Å². The van der Waals surface area contributed by atoms with Gasteiger partial charge in [0.1, 0.15) is 0 Å². The van der Waals surface area contributed by atoms with Crippen LogP contribution < -0.4 is 5.32 Å². The van der Waals surface area contributed by atoms with Crippen LogP contribution in [0, 0.1) is 0 Å². The van der Waals surface area contributed by atoms with Crippen LogP contribution in [-0.2, 0) is 24.3 Å². The van der Waals surface area contributed by atoms with Crippen molar-refractivity contribution in [1.82, 2.24) is 20.4 Å². The molecule has 0 radical (unpaired) electrons. The molecule has 1 amide bonds. The van der Waals surface area contributed by atoms with Crippen molar-refractivity contribution in [3.8, 4) is 11.4 Å². The standard InChI is InChI=1S/C24H30N4O2/c1-3-28(4-2)18-20-15-13-19(14-16-20)17-25-22(29)11-8-12-23-26-24(27-30-23)21-9-6-5-7-10-21/h5-7,9-10,13-16H,3-4,8,11-12,17-18H2,1-2H3,(H,25,29). The Hall–Kier alpha value is -2.99. The summed E-state index contributed by atoms with van der Waals surface area (Å²) in [4.78, 5) is 18.9. The number of hydrogen-bond acceptors (Lipinski definition) is 5. The number of carbonyl (C=O) groups is 1. The number of hydrogen-bond donors (Lipinski definition) is 1. The zero-order valence-electron chi connectivity index (χ0n) is 17.8. The minimum atomic E-state index is 0.0324. The average Bonchev–Trinajstić information content (AvgIpc) is 3.26. The predicted octanol–water partition coefficient (Wildman–Crippen LogP) is 4.22. The molecule has 0 aliphatic rings. The molecule has 30 heavy (non-hydrogen) atoms. The van der Waals surface area contributed by atoms with Gasteiger partial charge >= 0.3 is 0 Å². The monoisotopic (exact) mass is 406 g/mol. The molecule has 158 valence electrons. The molecule has 0 atom stereocenters. The molecular weight excluding hydrogens is 376 g/mol. The maximum absolute atomic E-state index is 12.1. The molecule has 6 heteroatoms. The van der Waals surface area contributed by atoms with Gasteiger partial charge in [0.25, 0.3) is 0 Å². The van der Waals surface area contributed by atoms with E-state index in [-0.39, 0.29) is 5.91 Å². The number of nitrogens with one attached hydrogen (secondary N) is 1. The third kappa shape index (κ3) is 6.52. The zero-order chi connectivity index (χ0) is 21.2. The van der Waals surface area contributed by atoms with Crippen molar-refractivity contribution in [2.75, 3.05) is 13.1 Å². The number of rotatable bonds is 11. The minimum absolute atomic E-state index is 0.0324. The highest BCUT2D eigenvalue weighted by atomic mass is 16.5. The first-order valence-corrected chi connectivity index (χ1v) is 10.6. The molecule has 3 rings (SSSR count). The summed E-state index contributed by atoms with van der Waals surface area (Å²) < 4.78 is 5.29. The molecule has 0 aliphatic heterocycles. The molecule has 6 nitrogen and oxygen atoms in total. The summed E-state index contributed by atoms with van der Waals surface area (Å²) in [6.45, 7) is 7.95. The molecule has 1 N–H and O–H groups in total. The van der Waals surface area contributed by atoms with Gasteiger partial charge in [-0.25, -0.2) is 0 Å². The highest BCUT2D eigenvalue weighted by Gasteiger charge is 2.09. The minimum Gasteiger partial charge on any atom is -0.352 e. The second-order valence-electron chi connectivity index (χ2n) is 7.29. The summed E-state index contributed by atoms with van der Waals surface area (Å²) in [5.41, 5.74) is 3.33. The molecule has 0 aliphatic carbocycles. The topological polar surface area (TPSA) is 71.3 Å². The van der Waals surface area contributed by atoms with E-state index < -0.39 is 0 Å².